The Kier molecular flexibility index (Phi) is 7.00. The molecule has 0 fully saturated rings. The van der Waals surface area contributed by atoms with E-state index in [1.54, 1.807) is 0 Å². The second-order valence-electron chi connectivity index (χ2n) is 3.07. The summed E-state index contributed by atoms with van der Waals surface area (Å²) in [4.78, 5) is 39.6. The number of carboxylic acids is 2. The molecule has 0 radical (unpaired) electrons. The van der Waals surface area contributed by atoms with Gasteiger partial charge in [0.15, 0.2) is 0 Å². The minimum atomic E-state index is -0.870. The first kappa shape index (κ1) is 14.8. The third kappa shape index (κ3) is 10.1. The fraction of sp³-hybridized carbons (Fsp3) is 0.400. The quantitative estimate of drug-likeness (QED) is 0.406. The molecule has 0 bridgehead atoms. The van der Waals surface area contributed by atoms with Crippen LogP contribution in [0, 0.1) is 0 Å². The monoisotopic (exact) mass is 244 g/mol. The number of hydrogen-bond donors (Lipinski definition) is 2. The van der Waals surface area contributed by atoms with Crippen molar-refractivity contribution in [1.82, 2.24) is 0 Å². The number of aliphatic carboxylic acids is 2. The van der Waals surface area contributed by atoms with Gasteiger partial charge in [0.2, 0.25) is 0 Å². The normalized spacial score (nSPS) is 12.7. The molecule has 94 valence electrons. The highest BCUT2D eigenvalue weighted by Gasteiger charge is 2.10. The Labute approximate surface area is 96.7 Å². The van der Waals surface area contributed by atoms with Crippen molar-refractivity contribution in [1.29, 1.82) is 0 Å². The van der Waals surface area contributed by atoms with Crippen LogP contribution in [0.3, 0.4) is 0 Å². The Bertz CT molecular complexity index is 311. The predicted octanol–water partition coefficient (Wildman–Crippen LogP) is 0.342. The van der Waals surface area contributed by atoms with Crippen LogP contribution in [0.5, 0.6) is 0 Å². The number of carboxylic acid groups (broad SMARTS) is 2. The summed E-state index contributed by atoms with van der Waals surface area (Å²) in [6.45, 7) is 0. The molecule has 7 nitrogen and oxygen atoms in total. The number of unbranched alkanes of at least 4 members (excludes halogenated alkanes) is 1. The minimum Gasteiger partial charge on any atom is -0.481 e. The zero-order valence-corrected chi connectivity index (χ0v) is 8.92. The van der Waals surface area contributed by atoms with Gasteiger partial charge in [-0.2, -0.15) is 0 Å². The van der Waals surface area contributed by atoms with Crippen LogP contribution < -0.4 is 0 Å². The molecular formula is C10H12O7. The van der Waals surface area contributed by atoms with Crippen molar-refractivity contribution in [3.05, 3.63) is 12.2 Å². The zero-order valence-electron chi connectivity index (χ0n) is 8.92. The van der Waals surface area contributed by atoms with Crippen molar-refractivity contribution in [3.8, 4) is 0 Å². The molecule has 2 N–H and O–H groups in total. The first-order valence-electron chi connectivity index (χ1n) is 4.79. The highest BCUT2D eigenvalue weighted by Crippen LogP contribution is 1.98. The van der Waals surface area contributed by atoms with Gasteiger partial charge in [-0.25, -0.2) is 9.59 Å². The molecule has 0 aromatic rings. The predicted molar refractivity (Wildman–Crippen MR) is 54.0 cm³/mol. The average molecular weight is 244 g/mol. The van der Waals surface area contributed by atoms with Crippen molar-refractivity contribution in [2.45, 2.75) is 25.7 Å². The van der Waals surface area contributed by atoms with E-state index in [0.29, 0.717) is 12.8 Å². The maximum Gasteiger partial charge on any atom is 0.338 e. The Hall–Kier alpha value is -2.18. The lowest BCUT2D eigenvalue weighted by atomic mass is 10.2. The smallest absolute Gasteiger partial charge is 0.338 e. The molecule has 0 spiro atoms. The summed E-state index contributed by atoms with van der Waals surface area (Å²) < 4.78 is 3.97. The second kappa shape index (κ2) is 8.03. The molecule has 1 aliphatic rings. The fourth-order valence-electron chi connectivity index (χ4n) is 0.856. The van der Waals surface area contributed by atoms with Crippen LogP contribution in [-0.2, 0) is 23.9 Å². The number of rotatable bonds is 5. The van der Waals surface area contributed by atoms with Crippen LogP contribution in [0.4, 0.5) is 0 Å². The van der Waals surface area contributed by atoms with E-state index in [-0.39, 0.29) is 12.8 Å². The van der Waals surface area contributed by atoms with E-state index in [2.05, 4.69) is 4.74 Å². The molecule has 0 aliphatic carbocycles. The number of cyclic esters (lactones) is 2. The van der Waals surface area contributed by atoms with E-state index in [0.717, 1.165) is 12.2 Å². The SMILES string of the molecule is O=C(O)CCCCC(=O)O.O=C1C=CC(=O)O1. The molecule has 0 saturated carbocycles. The van der Waals surface area contributed by atoms with Crippen molar-refractivity contribution in [3.63, 3.8) is 0 Å². The Morgan fingerprint density at radius 3 is 1.47 bits per heavy atom. The maximum absolute atomic E-state index is 9.92. The fourth-order valence-corrected chi connectivity index (χ4v) is 0.856. The van der Waals surface area contributed by atoms with Crippen LogP contribution in [-0.4, -0.2) is 34.1 Å². The summed E-state index contributed by atoms with van der Waals surface area (Å²) in [5, 5.41) is 16.3. The molecule has 1 rings (SSSR count). The van der Waals surface area contributed by atoms with E-state index < -0.39 is 23.9 Å². The first-order valence-corrected chi connectivity index (χ1v) is 4.79. The van der Waals surface area contributed by atoms with Crippen LogP contribution in [0.2, 0.25) is 0 Å². The second-order valence-corrected chi connectivity index (χ2v) is 3.07. The van der Waals surface area contributed by atoms with Crippen molar-refractivity contribution < 1.29 is 34.1 Å². The Balaban J connectivity index is 0.000000318. The first-order chi connectivity index (χ1) is 7.91. The number of esters is 2. The molecule has 17 heavy (non-hydrogen) atoms. The number of carbonyl (C=O) groups is 4. The molecule has 0 atom stereocenters. The highest BCUT2D eigenvalue weighted by molar-refractivity contribution is 6.04. The summed E-state index contributed by atoms with van der Waals surface area (Å²) in [5.41, 5.74) is 0. The molecular weight excluding hydrogens is 232 g/mol. The summed E-state index contributed by atoms with van der Waals surface area (Å²) in [7, 11) is 0. The van der Waals surface area contributed by atoms with Gasteiger partial charge in [-0.05, 0) is 12.8 Å². The van der Waals surface area contributed by atoms with Crippen LogP contribution >= 0.6 is 0 Å². The summed E-state index contributed by atoms with van der Waals surface area (Å²) in [6, 6.07) is 0. The molecule has 0 amide bonds. The van der Waals surface area contributed by atoms with Gasteiger partial charge in [0.25, 0.3) is 0 Å². The molecule has 0 saturated heterocycles. The van der Waals surface area contributed by atoms with E-state index in [9.17, 15) is 19.2 Å². The van der Waals surface area contributed by atoms with Crippen molar-refractivity contribution in [2.24, 2.45) is 0 Å². The van der Waals surface area contributed by atoms with Crippen molar-refractivity contribution >= 4 is 23.9 Å². The largest absolute Gasteiger partial charge is 0.481 e. The number of ether oxygens (including phenoxy) is 1. The molecule has 1 aliphatic heterocycles. The lowest BCUT2D eigenvalue weighted by Crippen LogP contribution is -1.97. The van der Waals surface area contributed by atoms with Gasteiger partial charge in [0.05, 0.1) is 0 Å². The molecule has 1 heterocycles. The number of hydrogen-bond acceptors (Lipinski definition) is 5. The van der Waals surface area contributed by atoms with E-state index in [1.165, 1.54) is 0 Å². The topological polar surface area (TPSA) is 118 Å². The summed E-state index contributed by atoms with van der Waals surface area (Å²) in [6.07, 6.45) is 3.19. The van der Waals surface area contributed by atoms with Crippen LogP contribution in [0.1, 0.15) is 25.7 Å². The van der Waals surface area contributed by atoms with E-state index in [1.807, 2.05) is 0 Å². The Morgan fingerprint density at radius 2 is 1.29 bits per heavy atom. The highest BCUT2D eigenvalue weighted by atomic mass is 16.6. The van der Waals surface area contributed by atoms with Gasteiger partial charge < -0.3 is 14.9 Å². The van der Waals surface area contributed by atoms with E-state index >= 15 is 0 Å². The lowest BCUT2D eigenvalue weighted by Gasteiger charge is -1.92. The van der Waals surface area contributed by atoms with E-state index in [4.69, 9.17) is 10.2 Å². The number of carbonyl (C=O) groups excluding carboxylic acids is 2. The Morgan fingerprint density at radius 1 is 0.941 bits per heavy atom. The van der Waals surface area contributed by atoms with Crippen LogP contribution in [0.25, 0.3) is 0 Å². The van der Waals surface area contributed by atoms with Gasteiger partial charge in [-0.1, -0.05) is 0 Å². The van der Waals surface area contributed by atoms with Gasteiger partial charge in [-0.15, -0.1) is 0 Å². The molecule has 0 aromatic heterocycles. The average Bonchev–Trinajstić information content (AvgIpc) is 2.58. The molecule has 0 unspecified atom stereocenters. The van der Waals surface area contributed by atoms with Crippen LogP contribution in [0.15, 0.2) is 12.2 Å². The van der Waals surface area contributed by atoms with Gasteiger partial charge in [-0.3, -0.25) is 9.59 Å². The molecule has 7 heteroatoms. The van der Waals surface area contributed by atoms with Gasteiger partial charge >= 0.3 is 23.9 Å². The van der Waals surface area contributed by atoms with Gasteiger partial charge in [0, 0.05) is 25.0 Å². The third-order valence-electron chi connectivity index (χ3n) is 1.59. The van der Waals surface area contributed by atoms with Crippen molar-refractivity contribution in [2.75, 3.05) is 0 Å². The van der Waals surface area contributed by atoms with Gasteiger partial charge in [0.1, 0.15) is 0 Å². The minimum absolute atomic E-state index is 0.0628. The zero-order chi connectivity index (χ0) is 13.3. The standard InChI is InChI=1S/C6H10O4.C4H2O3/c7-5(8)3-1-2-4-6(9)10;5-3-1-2-4(6)7-3/h1-4H2,(H,7,8)(H,9,10);1-2H. The summed E-state index contributed by atoms with van der Waals surface area (Å²) in [5.74, 6) is -2.90. The molecule has 0 aromatic carbocycles. The maximum atomic E-state index is 9.92. The third-order valence-corrected chi connectivity index (χ3v) is 1.59. The lowest BCUT2D eigenvalue weighted by molar-refractivity contribution is -0.150. The summed E-state index contributed by atoms with van der Waals surface area (Å²) >= 11 is 0.